The van der Waals surface area contributed by atoms with Gasteiger partial charge in [-0.05, 0) is 18.9 Å². The molecule has 0 atom stereocenters. The Morgan fingerprint density at radius 3 is 2.42 bits per heavy atom. The molecule has 1 aliphatic heterocycles. The van der Waals surface area contributed by atoms with Gasteiger partial charge < -0.3 is 0 Å². The number of hydrogen-bond acceptors (Lipinski definition) is 2. The van der Waals surface area contributed by atoms with E-state index in [1.165, 1.54) is 0 Å². The Labute approximate surface area is 115 Å². The number of rotatable bonds is 6. The lowest BCUT2D eigenvalue weighted by molar-refractivity contribution is 0.0858. The highest BCUT2D eigenvalue weighted by atomic mass is 16.2. The molecule has 1 aromatic rings. The van der Waals surface area contributed by atoms with Crippen molar-refractivity contribution in [2.45, 2.75) is 39.5 Å². The summed E-state index contributed by atoms with van der Waals surface area (Å²) in [4.78, 5) is 18.9. The van der Waals surface area contributed by atoms with E-state index in [9.17, 15) is 4.79 Å². The quantitative estimate of drug-likeness (QED) is 0.719. The Hall–Kier alpha value is -1.64. The zero-order valence-electron chi connectivity index (χ0n) is 11.9. The molecule has 19 heavy (non-hydrogen) atoms. The summed E-state index contributed by atoms with van der Waals surface area (Å²) >= 11 is 0. The average molecular weight is 258 g/mol. The molecule has 0 bridgehead atoms. The summed E-state index contributed by atoms with van der Waals surface area (Å²) in [7, 11) is 0. The van der Waals surface area contributed by atoms with E-state index in [2.05, 4.69) is 18.8 Å². The molecule has 2 rings (SSSR count). The summed E-state index contributed by atoms with van der Waals surface area (Å²) in [6.07, 6.45) is 4.30. The van der Waals surface area contributed by atoms with E-state index < -0.39 is 0 Å². The maximum atomic E-state index is 12.4. The van der Waals surface area contributed by atoms with Crippen molar-refractivity contribution in [1.29, 1.82) is 0 Å². The number of amidine groups is 1. The van der Waals surface area contributed by atoms with Crippen molar-refractivity contribution in [3.05, 3.63) is 35.4 Å². The average Bonchev–Trinajstić information content (AvgIpc) is 2.71. The highest BCUT2D eigenvalue weighted by molar-refractivity contribution is 6.23. The maximum Gasteiger partial charge on any atom is 0.260 e. The second kappa shape index (κ2) is 6.50. The van der Waals surface area contributed by atoms with E-state index in [0.29, 0.717) is 0 Å². The van der Waals surface area contributed by atoms with Gasteiger partial charge in [0.1, 0.15) is 5.84 Å². The summed E-state index contributed by atoms with van der Waals surface area (Å²) in [5.74, 6) is 0.988. The number of carbonyl (C=O) groups excluding carboxylic acids is 1. The number of benzene rings is 1. The number of carbonyl (C=O) groups is 1. The first-order valence-corrected chi connectivity index (χ1v) is 7.25. The normalized spacial score (nSPS) is 16.2. The molecular formula is C16H22N2O. The number of nitrogens with zero attached hydrogens (tertiary/aromatic N) is 2. The third-order valence-electron chi connectivity index (χ3n) is 3.41. The predicted octanol–water partition coefficient (Wildman–Crippen LogP) is 3.49. The van der Waals surface area contributed by atoms with Gasteiger partial charge in [0.05, 0.1) is 5.56 Å². The van der Waals surface area contributed by atoms with Gasteiger partial charge in [-0.15, -0.1) is 0 Å². The number of hydrogen-bond donors (Lipinski definition) is 0. The molecule has 0 fully saturated rings. The van der Waals surface area contributed by atoms with Crippen molar-refractivity contribution >= 4 is 11.7 Å². The van der Waals surface area contributed by atoms with E-state index >= 15 is 0 Å². The largest absolute Gasteiger partial charge is 0.292 e. The van der Waals surface area contributed by atoms with Crippen LogP contribution in [0.5, 0.6) is 0 Å². The number of amides is 1. The SMILES string of the molecule is CCCCN=C1c2ccccc2C(=O)N1CCCC. The zero-order chi connectivity index (χ0) is 13.7. The smallest absolute Gasteiger partial charge is 0.260 e. The number of unbranched alkanes of at least 4 members (excludes halogenated alkanes) is 2. The molecule has 1 amide bonds. The Morgan fingerprint density at radius 2 is 1.74 bits per heavy atom. The molecule has 0 aliphatic carbocycles. The number of fused-ring (bicyclic) bond motifs is 1. The van der Waals surface area contributed by atoms with Crippen LogP contribution < -0.4 is 0 Å². The second-order valence-electron chi connectivity index (χ2n) is 4.91. The van der Waals surface area contributed by atoms with Crippen LogP contribution >= 0.6 is 0 Å². The van der Waals surface area contributed by atoms with Crippen LogP contribution in [0.15, 0.2) is 29.3 Å². The lowest BCUT2D eigenvalue weighted by Gasteiger charge is -2.16. The topological polar surface area (TPSA) is 32.7 Å². The van der Waals surface area contributed by atoms with E-state index in [-0.39, 0.29) is 5.91 Å². The van der Waals surface area contributed by atoms with Crippen molar-refractivity contribution in [3.8, 4) is 0 Å². The fourth-order valence-electron chi connectivity index (χ4n) is 2.29. The van der Waals surface area contributed by atoms with E-state index in [0.717, 1.165) is 55.7 Å². The molecule has 3 nitrogen and oxygen atoms in total. The Morgan fingerprint density at radius 1 is 1.05 bits per heavy atom. The van der Waals surface area contributed by atoms with Crippen LogP contribution in [0.1, 0.15) is 55.5 Å². The molecule has 102 valence electrons. The molecule has 3 heteroatoms. The van der Waals surface area contributed by atoms with Gasteiger partial charge in [0, 0.05) is 18.7 Å². The van der Waals surface area contributed by atoms with Crippen LogP contribution in [0.25, 0.3) is 0 Å². The molecule has 0 unspecified atom stereocenters. The maximum absolute atomic E-state index is 12.4. The van der Waals surface area contributed by atoms with Crippen LogP contribution in [0, 0.1) is 0 Å². The van der Waals surface area contributed by atoms with Gasteiger partial charge in [0.15, 0.2) is 0 Å². The first kappa shape index (κ1) is 13.8. The molecule has 1 aromatic carbocycles. The van der Waals surface area contributed by atoms with Gasteiger partial charge in [-0.1, -0.05) is 44.9 Å². The monoisotopic (exact) mass is 258 g/mol. The Kier molecular flexibility index (Phi) is 4.72. The standard InChI is InChI=1S/C16H22N2O/c1-3-5-11-17-15-13-9-7-8-10-14(13)16(19)18(15)12-6-4-2/h7-10H,3-6,11-12H2,1-2H3. The zero-order valence-corrected chi connectivity index (χ0v) is 11.9. The molecular weight excluding hydrogens is 236 g/mol. The molecule has 1 aliphatic rings. The van der Waals surface area contributed by atoms with E-state index in [1.807, 2.05) is 29.2 Å². The van der Waals surface area contributed by atoms with Crippen LogP contribution in [0.4, 0.5) is 0 Å². The summed E-state index contributed by atoms with van der Waals surface area (Å²) in [5.41, 5.74) is 1.80. The highest BCUT2D eigenvalue weighted by Crippen LogP contribution is 2.23. The summed E-state index contributed by atoms with van der Waals surface area (Å²) < 4.78 is 0. The Balaban J connectivity index is 2.28. The highest BCUT2D eigenvalue weighted by Gasteiger charge is 2.32. The minimum atomic E-state index is 0.110. The first-order chi connectivity index (χ1) is 9.29. The number of aliphatic imine (C=N–C) groups is 1. The summed E-state index contributed by atoms with van der Waals surface area (Å²) in [6, 6.07) is 7.80. The minimum absolute atomic E-state index is 0.110. The van der Waals surface area contributed by atoms with E-state index in [1.54, 1.807) is 0 Å². The van der Waals surface area contributed by atoms with Crippen molar-refractivity contribution in [1.82, 2.24) is 4.90 Å². The third kappa shape index (κ3) is 2.86. The molecule has 0 aromatic heterocycles. The Bertz CT molecular complexity index is 479. The third-order valence-corrected chi connectivity index (χ3v) is 3.41. The summed E-state index contributed by atoms with van der Waals surface area (Å²) in [6.45, 7) is 5.87. The molecule has 0 saturated heterocycles. The fourth-order valence-corrected chi connectivity index (χ4v) is 2.29. The van der Waals surface area contributed by atoms with Gasteiger partial charge in [-0.3, -0.25) is 14.7 Å². The van der Waals surface area contributed by atoms with Crippen LogP contribution in [-0.2, 0) is 0 Å². The van der Waals surface area contributed by atoms with Gasteiger partial charge in [-0.25, -0.2) is 0 Å². The lowest BCUT2D eigenvalue weighted by atomic mass is 10.1. The van der Waals surface area contributed by atoms with Crippen LogP contribution in [0.3, 0.4) is 0 Å². The van der Waals surface area contributed by atoms with Crippen molar-refractivity contribution in [2.75, 3.05) is 13.1 Å². The minimum Gasteiger partial charge on any atom is -0.292 e. The van der Waals surface area contributed by atoms with Gasteiger partial charge in [0.2, 0.25) is 0 Å². The molecule has 0 saturated carbocycles. The van der Waals surface area contributed by atoms with Crippen molar-refractivity contribution < 1.29 is 4.79 Å². The van der Waals surface area contributed by atoms with E-state index in [4.69, 9.17) is 0 Å². The van der Waals surface area contributed by atoms with Crippen molar-refractivity contribution in [3.63, 3.8) is 0 Å². The molecule has 0 spiro atoms. The molecule has 1 heterocycles. The second-order valence-corrected chi connectivity index (χ2v) is 4.91. The summed E-state index contributed by atoms with van der Waals surface area (Å²) in [5, 5.41) is 0. The fraction of sp³-hybridized carbons (Fsp3) is 0.500. The van der Waals surface area contributed by atoms with Crippen LogP contribution in [0.2, 0.25) is 0 Å². The van der Waals surface area contributed by atoms with Gasteiger partial charge in [-0.2, -0.15) is 0 Å². The first-order valence-electron chi connectivity index (χ1n) is 7.25. The lowest BCUT2D eigenvalue weighted by Crippen LogP contribution is -2.31. The van der Waals surface area contributed by atoms with Crippen molar-refractivity contribution in [2.24, 2.45) is 4.99 Å². The molecule has 0 radical (unpaired) electrons. The van der Waals surface area contributed by atoms with Crippen LogP contribution in [-0.4, -0.2) is 29.7 Å². The predicted molar refractivity (Wildman–Crippen MR) is 78.7 cm³/mol. The molecule has 0 N–H and O–H groups in total. The van der Waals surface area contributed by atoms with Gasteiger partial charge in [0.25, 0.3) is 5.91 Å². The van der Waals surface area contributed by atoms with Gasteiger partial charge >= 0.3 is 0 Å².